The average molecular weight is 460 g/mol. The third-order valence-corrected chi connectivity index (χ3v) is 5.85. The lowest BCUT2D eigenvalue weighted by atomic mass is 10.3. The number of nitrogens with zero attached hydrogens (tertiary/aromatic N) is 3. The van der Waals surface area contributed by atoms with Gasteiger partial charge in [0.25, 0.3) is 10.0 Å². The van der Waals surface area contributed by atoms with Crippen molar-refractivity contribution in [3.63, 3.8) is 0 Å². The Morgan fingerprint density at radius 1 is 0.903 bits per heavy atom. The molecule has 0 spiro atoms. The van der Waals surface area contributed by atoms with Gasteiger partial charge in [-0.25, -0.2) is 13.4 Å². The van der Waals surface area contributed by atoms with E-state index in [1.807, 2.05) is 26.0 Å². The molecule has 4 rings (SSSR count). The standard InChI is InChI=1S/C21H21N5O3S.ClH/c1-14-12-21(26-20(22-14)13-15(2)24-26)23-16-6-10-19(11-7-16)30(27,28)25-17-4-8-18(29-3)9-5-17;/h4-13,23,25H,1-3H3;1H. The molecule has 2 heterocycles. The number of methoxy groups -OCH3 is 1. The van der Waals surface area contributed by atoms with Gasteiger partial charge in [0, 0.05) is 29.2 Å². The third kappa shape index (κ3) is 4.89. The molecule has 0 saturated carbocycles. The monoisotopic (exact) mass is 459 g/mol. The summed E-state index contributed by atoms with van der Waals surface area (Å²) in [6.45, 7) is 3.82. The van der Waals surface area contributed by atoms with Crippen molar-refractivity contribution in [3.05, 3.63) is 72.1 Å². The number of rotatable bonds is 6. The van der Waals surface area contributed by atoms with Gasteiger partial charge in [-0.15, -0.1) is 12.4 Å². The third-order valence-electron chi connectivity index (χ3n) is 4.46. The second-order valence-corrected chi connectivity index (χ2v) is 8.50. The van der Waals surface area contributed by atoms with Gasteiger partial charge in [0.05, 0.1) is 17.7 Å². The van der Waals surface area contributed by atoms with Crippen LogP contribution >= 0.6 is 12.4 Å². The second-order valence-electron chi connectivity index (χ2n) is 6.82. The molecule has 10 heteroatoms. The van der Waals surface area contributed by atoms with E-state index in [-0.39, 0.29) is 17.3 Å². The summed E-state index contributed by atoms with van der Waals surface area (Å²) >= 11 is 0. The van der Waals surface area contributed by atoms with Crippen molar-refractivity contribution in [1.82, 2.24) is 14.6 Å². The van der Waals surface area contributed by atoms with E-state index < -0.39 is 10.0 Å². The predicted molar refractivity (Wildman–Crippen MR) is 123 cm³/mol. The summed E-state index contributed by atoms with van der Waals surface area (Å²) in [5.41, 5.74) is 3.66. The molecule has 0 unspecified atom stereocenters. The van der Waals surface area contributed by atoms with Crippen molar-refractivity contribution in [2.75, 3.05) is 17.1 Å². The van der Waals surface area contributed by atoms with Crippen LogP contribution in [0, 0.1) is 13.8 Å². The molecule has 0 bridgehead atoms. The number of aryl methyl sites for hydroxylation is 2. The van der Waals surface area contributed by atoms with E-state index in [0.717, 1.165) is 28.5 Å². The van der Waals surface area contributed by atoms with E-state index in [9.17, 15) is 8.42 Å². The Bertz CT molecular complexity index is 1300. The van der Waals surface area contributed by atoms with Crippen molar-refractivity contribution < 1.29 is 13.2 Å². The topological polar surface area (TPSA) is 97.6 Å². The summed E-state index contributed by atoms with van der Waals surface area (Å²) in [5.74, 6) is 1.40. The van der Waals surface area contributed by atoms with Crippen LogP contribution in [0.1, 0.15) is 11.4 Å². The summed E-state index contributed by atoms with van der Waals surface area (Å²) in [7, 11) is -2.15. The molecule has 0 aliphatic heterocycles. The van der Waals surface area contributed by atoms with Crippen LogP contribution in [-0.2, 0) is 10.0 Å². The number of benzene rings is 2. The zero-order valence-electron chi connectivity index (χ0n) is 17.2. The van der Waals surface area contributed by atoms with Gasteiger partial charge in [0.15, 0.2) is 5.65 Å². The summed E-state index contributed by atoms with van der Waals surface area (Å²) in [5, 5.41) is 7.72. The Labute approximate surface area is 186 Å². The number of hydrogen-bond donors (Lipinski definition) is 2. The predicted octanol–water partition coefficient (Wildman–Crippen LogP) is 4.32. The Morgan fingerprint density at radius 3 is 2.19 bits per heavy atom. The first-order valence-corrected chi connectivity index (χ1v) is 10.7. The zero-order chi connectivity index (χ0) is 21.3. The fourth-order valence-electron chi connectivity index (χ4n) is 3.04. The first-order valence-electron chi connectivity index (χ1n) is 9.22. The highest BCUT2D eigenvalue weighted by Gasteiger charge is 2.14. The van der Waals surface area contributed by atoms with Gasteiger partial charge in [0.2, 0.25) is 0 Å². The summed E-state index contributed by atoms with van der Waals surface area (Å²) < 4.78 is 34.7. The van der Waals surface area contributed by atoms with Crippen LogP contribution in [0.2, 0.25) is 0 Å². The van der Waals surface area contributed by atoms with Crippen LogP contribution in [-0.4, -0.2) is 30.1 Å². The van der Waals surface area contributed by atoms with Gasteiger partial charge in [-0.2, -0.15) is 9.61 Å². The molecule has 4 aromatic rings. The Morgan fingerprint density at radius 2 is 1.55 bits per heavy atom. The highest BCUT2D eigenvalue weighted by Crippen LogP contribution is 2.23. The lowest BCUT2D eigenvalue weighted by Gasteiger charge is -2.11. The van der Waals surface area contributed by atoms with Crippen LogP contribution in [0.3, 0.4) is 0 Å². The van der Waals surface area contributed by atoms with Crippen molar-refractivity contribution in [2.24, 2.45) is 0 Å². The Kier molecular flexibility index (Phi) is 6.37. The second kappa shape index (κ2) is 8.83. The van der Waals surface area contributed by atoms with Gasteiger partial charge in [0.1, 0.15) is 11.6 Å². The molecular formula is C21H22ClN5O3S. The minimum absolute atomic E-state index is 0. The smallest absolute Gasteiger partial charge is 0.261 e. The maximum atomic E-state index is 12.7. The molecule has 2 N–H and O–H groups in total. The number of nitrogens with one attached hydrogen (secondary N) is 2. The minimum Gasteiger partial charge on any atom is -0.497 e. The number of ether oxygens (including phenoxy) is 1. The molecule has 2 aromatic heterocycles. The Balaban J connectivity index is 0.00000272. The lowest BCUT2D eigenvalue weighted by Crippen LogP contribution is -2.12. The van der Waals surface area contributed by atoms with E-state index in [0.29, 0.717) is 11.4 Å². The SMILES string of the molecule is COc1ccc(NS(=O)(=O)c2ccc(Nc3cc(C)nc4cc(C)nn34)cc2)cc1.Cl. The number of halogens is 1. The summed E-state index contributed by atoms with van der Waals surface area (Å²) in [6, 6.07) is 17.0. The molecule has 0 atom stereocenters. The summed E-state index contributed by atoms with van der Waals surface area (Å²) in [4.78, 5) is 4.62. The van der Waals surface area contributed by atoms with Crippen LogP contribution in [0.15, 0.2) is 65.6 Å². The molecule has 162 valence electrons. The molecule has 0 radical (unpaired) electrons. The number of aromatic nitrogens is 3. The highest BCUT2D eigenvalue weighted by molar-refractivity contribution is 7.92. The minimum atomic E-state index is -3.71. The number of sulfonamides is 1. The van der Waals surface area contributed by atoms with E-state index >= 15 is 0 Å². The molecule has 2 aromatic carbocycles. The highest BCUT2D eigenvalue weighted by atomic mass is 35.5. The molecule has 8 nitrogen and oxygen atoms in total. The number of fused-ring (bicyclic) bond motifs is 1. The molecule has 0 aliphatic carbocycles. The van der Waals surface area contributed by atoms with E-state index in [1.165, 1.54) is 0 Å². The molecule has 0 aliphatic rings. The van der Waals surface area contributed by atoms with Gasteiger partial charge in [-0.05, 0) is 62.4 Å². The quantitative estimate of drug-likeness (QED) is 0.445. The molecule has 0 amide bonds. The van der Waals surface area contributed by atoms with Gasteiger partial charge >= 0.3 is 0 Å². The lowest BCUT2D eigenvalue weighted by molar-refractivity contribution is 0.415. The number of hydrogen-bond acceptors (Lipinski definition) is 6. The fourth-order valence-corrected chi connectivity index (χ4v) is 4.10. The van der Waals surface area contributed by atoms with Crippen molar-refractivity contribution >= 4 is 45.3 Å². The number of anilines is 3. The maximum Gasteiger partial charge on any atom is 0.261 e. The van der Waals surface area contributed by atoms with Crippen molar-refractivity contribution in [1.29, 1.82) is 0 Å². The Hall–Kier alpha value is -3.30. The van der Waals surface area contributed by atoms with Crippen LogP contribution in [0.5, 0.6) is 5.75 Å². The first-order chi connectivity index (χ1) is 14.3. The van der Waals surface area contributed by atoms with Crippen LogP contribution in [0.4, 0.5) is 17.2 Å². The van der Waals surface area contributed by atoms with Crippen LogP contribution < -0.4 is 14.8 Å². The van der Waals surface area contributed by atoms with E-state index in [2.05, 4.69) is 20.1 Å². The van der Waals surface area contributed by atoms with E-state index in [1.54, 1.807) is 60.2 Å². The molecular weight excluding hydrogens is 438 g/mol. The largest absolute Gasteiger partial charge is 0.497 e. The van der Waals surface area contributed by atoms with Gasteiger partial charge < -0.3 is 10.1 Å². The zero-order valence-corrected chi connectivity index (χ0v) is 18.8. The molecule has 0 saturated heterocycles. The van der Waals surface area contributed by atoms with Gasteiger partial charge in [-0.3, -0.25) is 4.72 Å². The van der Waals surface area contributed by atoms with E-state index in [4.69, 9.17) is 4.74 Å². The average Bonchev–Trinajstić information content (AvgIpc) is 3.09. The molecule has 31 heavy (non-hydrogen) atoms. The summed E-state index contributed by atoms with van der Waals surface area (Å²) in [6.07, 6.45) is 0. The maximum absolute atomic E-state index is 12.7. The fraction of sp³-hybridized carbons (Fsp3) is 0.143. The van der Waals surface area contributed by atoms with Crippen molar-refractivity contribution in [3.8, 4) is 5.75 Å². The van der Waals surface area contributed by atoms with Crippen molar-refractivity contribution in [2.45, 2.75) is 18.7 Å². The first kappa shape index (κ1) is 22.4. The molecule has 0 fully saturated rings. The van der Waals surface area contributed by atoms with Gasteiger partial charge in [-0.1, -0.05) is 0 Å². The van der Waals surface area contributed by atoms with Crippen LogP contribution in [0.25, 0.3) is 5.65 Å². The normalized spacial score (nSPS) is 11.1.